The van der Waals surface area contributed by atoms with Crippen molar-refractivity contribution in [2.45, 2.75) is 18.4 Å². The van der Waals surface area contributed by atoms with Gasteiger partial charge in [-0.25, -0.2) is 4.98 Å². The largest absolute Gasteiger partial charge is 0.388 e. The highest BCUT2D eigenvalue weighted by atomic mass is 79.9. The van der Waals surface area contributed by atoms with E-state index in [4.69, 9.17) is 16.3 Å². The summed E-state index contributed by atoms with van der Waals surface area (Å²) in [4.78, 5) is 7.88. The monoisotopic (exact) mass is 321 g/mol. The molecule has 1 aromatic heterocycles. The molecule has 0 atom stereocenters. The molecule has 2 rings (SSSR count). The van der Waals surface area contributed by atoms with Crippen LogP contribution >= 0.6 is 27.5 Å². The summed E-state index contributed by atoms with van der Waals surface area (Å²) in [5.41, 5.74) is -0.741. The second-order valence-electron chi connectivity index (χ2n) is 4.03. The molecule has 1 aromatic rings. The van der Waals surface area contributed by atoms with E-state index in [-0.39, 0.29) is 5.28 Å². The second kappa shape index (κ2) is 5.48. The number of nitrogens with zero attached hydrogens (tertiary/aromatic N) is 2. The van der Waals surface area contributed by atoms with E-state index in [2.05, 4.69) is 31.2 Å². The fourth-order valence-corrected chi connectivity index (χ4v) is 2.11. The Kier molecular flexibility index (Phi) is 4.19. The first kappa shape index (κ1) is 13.0. The summed E-state index contributed by atoms with van der Waals surface area (Å²) in [5.74, 6) is 0.588. The van der Waals surface area contributed by atoms with Gasteiger partial charge in [-0.1, -0.05) is 0 Å². The van der Waals surface area contributed by atoms with Crippen LogP contribution in [0, 0.1) is 0 Å². The first-order valence-electron chi connectivity index (χ1n) is 5.31. The summed E-state index contributed by atoms with van der Waals surface area (Å²) in [6, 6.07) is 0. The standard InChI is InChI=1S/C10H13BrClN3O2/c11-7-5-13-9(12)15-8(7)14-6-10(16)1-3-17-4-2-10/h5,16H,1-4,6H2,(H,13,14,15). The van der Waals surface area contributed by atoms with E-state index in [1.54, 1.807) is 6.20 Å². The Balaban J connectivity index is 1.99. The van der Waals surface area contributed by atoms with E-state index >= 15 is 0 Å². The summed E-state index contributed by atoms with van der Waals surface area (Å²) < 4.78 is 5.94. The third-order valence-corrected chi connectivity index (χ3v) is 3.49. The van der Waals surface area contributed by atoms with Gasteiger partial charge in [0.2, 0.25) is 5.28 Å². The molecular weight excluding hydrogens is 309 g/mol. The lowest BCUT2D eigenvalue weighted by atomic mass is 9.94. The highest BCUT2D eigenvalue weighted by Crippen LogP contribution is 2.24. The topological polar surface area (TPSA) is 67.3 Å². The second-order valence-corrected chi connectivity index (χ2v) is 5.22. The number of halogens is 2. The van der Waals surface area contributed by atoms with Gasteiger partial charge in [0.05, 0.1) is 10.1 Å². The van der Waals surface area contributed by atoms with Crippen molar-refractivity contribution in [2.75, 3.05) is 25.1 Å². The van der Waals surface area contributed by atoms with Crippen molar-refractivity contribution < 1.29 is 9.84 Å². The summed E-state index contributed by atoms with van der Waals surface area (Å²) in [6.45, 7) is 1.59. The number of nitrogens with one attached hydrogen (secondary N) is 1. The zero-order valence-electron chi connectivity index (χ0n) is 9.12. The van der Waals surface area contributed by atoms with Crippen LogP contribution in [-0.4, -0.2) is 40.4 Å². The Bertz CT molecular complexity index is 399. The molecular formula is C10H13BrClN3O2. The molecule has 2 heterocycles. The molecule has 0 saturated carbocycles. The molecule has 7 heteroatoms. The maximum atomic E-state index is 10.3. The van der Waals surface area contributed by atoms with Gasteiger partial charge >= 0.3 is 0 Å². The van der Waals surface area contributed by atoms with Gasteiger partial charge in [0.15, 0.2) is 0 Å². The van der Waals surface area contributed by atoms with Gasteiger partial charge in [0.25, 0.3) is 0 Å². The summed E-state index contributed by atoms with van der Waals surface area (Å²) in [6.07, 6.45) is 2.82. The summed E-state index contributed by atoms with van der Waals surface area (Å²) in [7, 11) is 0. The predicted molar refractivity (Wildman–Crippen MR) is 68.2 cm³/mol. The maximum Gasteiger partial charge on any atom is 0.224 e. The van der Waals surface area contributed by atoms with Crippen LogP contribution in [0.3, 0.4) is 0 Å². The number of hydrogen-bond donors (Lipinski definition) is 2. The van der Waals surface area contributed by atoms with Crippen molar-refractivity contribution in [3.8, 4) is 0 Å². The minimum absolute atomic E-state index is 0.176. The third kappa shape index (κ3) is 3.51. The van der Waals surface area contributed by atoms with E-state index in [1.807, 2.05) is 0 Å². The Morgan fingerprint density at radius 1 is 1.53 bits per heavy atom. The molecule has 1 aliphatic heterocycles. The van der Waals surface area contributed by atoms with Gasteiger partial charge < -0.3 is 15.2 Å². The molecule has 0 aliphatic carbocycles. The first-order chi connectivity index (χ1) is 8.09. The lowest BCUT2D eigenvalue weighted by Gasteiger charge is -2.32. The number of anilines is 1. The molecule has 94 valence electrons. The van der Waals surface area contributed by atoms with Crippen LogP contribution in [0.2, 0.25) is 5.28 Å². The predicted octanol–water partition coefficient (Wildman–Crippen LogP) is 1.85. The SMILES string of the molecule is OC1(CNc2nc(Cl)ncc2Br)CCOCC1. The first-order valence-corrected chi connectivity index (χ1v) is 6.48. The highest BCUT2D eigenvalue weighted by molar-refractivity contribution is 9.10. The Morgan fingerprint density at radius 2 is 2.24 bits per heavy atom. The van der Waals surface area contributed by atoms with Crippen LogP contribution in [0.1, 0.15) is 12.8 Å². The Hall–Kier alpha value is -0.430. The Morgan fingerprint density at radius 3 is 2.94 bits per heavy atom. The van der Waals surface area contributed by atoms with Crippen molar-refractivity contribution in [1.29, 1.82) is 0 Å². The molecule has 0 radical (unpaired) electrons. The highest BCUT2D eigenvalue weighted by Gasteiger charge is 2.29. The minimum atomic E-state index is -0.741. The smallest absolute Gasteiger partial charge is 0.224 e. The van der Waals surface area contributed by atoms with Gasteiger partial charge in [0.1, 0.15) is 5.82 Å². The van der Waals surface area contributed by atoms with E-state index in [1.165, 1.54) is 0 Å². The molecule has 0 spiro atoms. The summed E-state index contributed by atoms with van der Waals surface area (Å²) >= 11 is 9.03. The lowest BCUT2D eigenvalue weighted by molar-refractivity contribution is -0.0543. The zero-order chi connectivity index (χ0) is 12.3. The van der Waals surface area contributed by atoms with Crippen LogP contribution < -0.4 is 5.32 Å². The quantitative estimate of drug-likeness (QED) is 0.831. The molecule has 1 saturated heterocycles. The molecule has 0 amide bonds. The van der Waals surface area contributed by atoms with Crippen molar-refractivity contribution in [3.05, 3.63) is 16.0 Å². The number of rotatable bonds is 3. The lowest BCUT2D eigenvalue weighted by Crippen LogP contribution is -2.42. The molecule has 1 aliphatic rings. The maximum absolute atomic E-state index is 10.3. The average Bonchev–Trinajstić information content (AvgIpc) is 2.31. The van der Waals surface area contributed by atoms with Crippen LogP contribution in [0.25, 0.3) is 0 Å². The van der Waals surface area contributed by atoms with E-state index in [0.717, 1.165) is 4.47 Å². The van der Waals surface area contributed by atoms with Crippen LogP contribution in [0.5, 0.6) is 0 Å². The van der Waals surface area contributed by atoms with E-state index in [0.29, 0.717) is 38.4 Å². The van der Waals surface area contributed by atoms with Gasteiger partial charge in [-0.05, 0) is 27.5 Å². The molecule has 5 nitrogen and oxygen atoms in total. The average molecular weight is 323 g/mol. The van der Waals surface area contributed by atoms with Gasteiger partial charge in [-0.2, -0.15) is 4.98 Å². The van der Waals surface area contributed by atoms with Gasteiger partial charge in [-0.3, -0.25) is 0 Å². The molecule has 2 N–H and O–H groups in total. The number of aliphatic hydroxyl groups is 1. The van der Waals surface area contributed by atoms with E-state index in [9.17, 15) is 5.11 Å². The number of ether oxygens (including phenoxy) is 1. The van der Waals surface area contributed by atoms with Crippen molar-refractivity contribution in [3.63, 3.8) is 0 Å². The molecule has 0 unspecified atom stereocenters. The van der Waals surface area contributed by atoms with Crippen LogP contribution in [0.15, 0.2) is 10.7 Å². The van der Waals surface area contributed by atoms with Crippen molar-refractivity contribution >= 4 is 33.3 Å². The van der Waals surface area contributed by atoms with Crippen LogP contribution in [-0.2, 0) is 4.74 Å². The molecule has 17 heavy (non-hydrogen) atoms. The fourth-order valence-electron chi connectivity index (χ4n) is 1.65. The summed E-state index contributed by atoms with van der Waals surface area (Å²) in [5, 5.41) is 13.5. The van der Waals surface area contributed by atoms with E-state index < -0.39 is 5.60 Å². The number of aromatic nitrogens is 2. The normalized spacial score (nSPS) is 19.0. The fraction of sp³-hybridized carbons (Fsp3) is 0.600. The number of hydrogen-bond acceptors (Lipinski definition) is 5. The minimum Gasteiger partial charge on any atom is -0.388 e. The van der Waals surface area contributed by atoms with Gasteiger partial charge in [0, 0.05) is 38.8 Å². The van der Waals surface area contributed by atoms with Gasteiger partial charge in [-0.15, -0.1) is 0 Å². The molecule has 0 bridgehead atoms. The van der Waals surface area contributed by atoms with Crippen LogP contribution in [0.4, 0.5) is 5.82 Å². The zero-order valence-corrected chi connectivity index (χ0v) is 11.5. The Labute approximate surface area is 113 Å². The molecule has 0 aromatic carbocycles. The van der Waals surface area contributed by atoms with Crippen molar-refractivity contribution in [2.24, 2.45) is 0 Å². The third-order valence-electron chi connectivity index (χ3n) is 2.72. The van der Waals surface area contributed by atoms with Crippen molar-refractivity contribution in [1.82, 2.24) is 9.97 Å². The molecule has 1 fully saturated rings.